The van der Waals surface area contributed by atoms with Crippen molar-refractivity contribution in [2.45, 2.75) is 45.4 Å². The molecular formula is C28H34F3N3O2S. The Morgan fingerprint density at radius 1 is 1.14 bits per heavy atom. The molecule has 0 amide bonds. The fourth-order valence-electron chi connectivity index (χ4n) is 5.31. The molecule has 1 aliphatic rings. The van der Waals surface area contributed by atoms with Crippen LogP contribution in [0, 0.1) is 34.2 Å². The average Bonchev–Trinajstić information content (AvgIpc) is 3.06. The molecule has 3 rings (SSSR count). The van der Waals surface area contributed by atoms with Crippen molar-refractivity contribution < 1.29 is 21.6 Å². The molecule has 0 saturated heterocycles. The zero-order valence-electron chi connectivity index (χ0n) is 21.9. The number of hydrogen-bond donors (Lipinski definition) is 0. The molecule has 0 N–H and O–H groups in total. The Hall–Kier alpha value is -2.78. The van der Waals surface area contributed by atoms with Gasteiger partial charge in [0.15, 0.2) is 0 Å². The van der Waals surface area contributed by atoms with Crippen LogP contribution in [0.1, 0.15) is 46.1 Å². The van der Waals surface area contributed by atoms with Gasteiger partial charge in [-0.2, -0.15) is 14.5 Å². The smallest absolute Gasteiger partial charge is 0.207 e. The molecule has 5 nitrogen and oxygen atoms in total. The minimum absolute atomic E-state index is 0.0383. The minimum atomic E-state index is -3.91. The number of allylic oxidation sites excluding steroid dienone is 2. The van der Waals surface area contributed by atoms with Crippen LogP contribution in [-0.2, 0) is 10.0 Å². The van der Waals surface area contributed by atoms with Gasteiger partial charge in [-0.1, -0.05) is 46.4 Å². The molecule has 200 valence electrons. The molecule has 0 heterocycles. The lowest BCUT2D eigenvalue weighted by Crippen LogP contribution is -2.46. The zero-order valence-corrected chi connectivity index (χ0v) is 22.7. The van der Waals surface area contributed by atoms with Crippen LogP contribution in [0.25, 0.3) is 5.70 Å². The summed E-state index contributed by atoms with van der Waals surface area (Å²) in [6.07, 6.45) is 2.96. The molecule has 0 radical (unpaired) electrons. The number of nitrogens with zero attached hydrogens (tertiary/aromatic N) is 3. The maximum Gasteiger partial charge on any atom is 0.243 e. The van der Waals surface area contributed by atoms with Gasteiger partial charge >= 0.3 is 0 Å². The predicted molar refractivity (Wildman–Crippen MR) is 140 cm³/mol. The second kappa shape index (κ2) is 10.9. The normalized spacial score (nSPS) is 22.2. The van der Waals surface area contributed by atoms with Crippen LogP contribution in [-0.4, -0.2) is 32.9 Å². The third kappa shape index (κ3) is 5.57. The standard InChI is InChI=1S/C28H34F3N3O2S/c1-7-34(37(35,36)21-11-8-10-20(29)17-21)18-28(5)15-14-22(27(28,3)4)19(2)16-25(33-32-6)26-23(30)12-9-13-24(26)31/h8-13,16-17,22H,2,7,14-15,18H2,1,3-6H3/b25-16-,33-32?. The van der Waals surface area contributed by atoms with Crippen LogP contribution < -0.4 is 0 Å². The number of benzene rings is 2. The van der Waals surface area contributed by atoms with Crippen LogP contribution in [0.5, 0.6) is 0 Å². The largest absolute Gasteiger partial charge is 0.243 e. The van der Waals surface area contributed by atoms with Crippen molar-refractivity contribution in [2.24, 2.45) is 27.0 Å². The molecule has 0 aliphatic heterocycles. The summed E-state index contributed by atoms with van der Waals surface area (Å²) in [5, 5.41) is 7.71. The fourth-order valence-corrected chi connectivity index (χ4v) is 6.91. The van der Waals surface area contributed by atoms with E-state index in [2.05, 4.69) is 30.7 Å². The number of azo groups is 1. The van der Waals surface area contributed by atoms with Crippen molar-refractivity contribution in [3.63, 3.8) is 0 Å². The fraction of sp³-hybridized carbons (Fsp3) is 0.429. The van der Waals surface area contributed by atoms with E-state index in [9.17, 15) is 21.6 Å². The summed E-state index contributed by atoms with van der Waals surface area (Å²) >= 11 is 0. The van der Waals surface area contributed by atoms with Gasteiger partial charge in [0.05, 0.1) is 16.2 Å². The van der Waals surface area contributed by atoms with Crippen molar-refractivity contribution in [2.75, 3.05) is 20.1 Å². The second-order valence-electron chi connectivity index (χ2n) is 10.3. The summed E-state index contributed by atoms with van der Waals surface area (Å²) in [6.45, 7) is 12.6. The molecule has 1 aliphatic carbocycles. The molecule has 1 fully saturated rings. The summed E-state index contributed by atoms with van der Waals surface area (Å²) in [4.78, 5) is -0.0841. The van der Waals surface area contributed by atoms with Crippen LogP contribution in [0.2, 0.25) is 0 Å². The summed E-state index contributed by atoms with van der Waals surface area (Å²) in [5.74, 6) is -2.21. The quantitative estimate of drug-likeness (QED) is 0.252. The van der Waals surface area contributed by atoms with E-state index in [4.69, 9.17) is 0 Å². The Balaban J connectivity index is 1.93. The Bertz CT molecular complexity index is 1320. The molecule has 2 atom stereocenters. The van der Waals surface area contributed by atoms with Gasteiger partial charge in [0.2, 0.25) is 10.0 Å². The maximum atomic E-state index is 14.5. The lowest BCUT2D eigenvalue weighted by molar-refractivity contribution is 0.0803. The Morgan fingerprint density at radius 2 is 1.76 bits per heavy atom. The molecule has 0 bridgehead atoms. The number of rotatable bonds is 9. The molecule has 1 saturated carbocycles. The predicted octanol–water partition coefficient (Wildman–Crippen LogP) is 7.24. The van der Waals surface area contributed by atoms with Crippen molar-refractivity contribution in [1.82, 2.24) is 4.31 Å². The third-order valence-corrected chi connectivity index (χ3v) is 9.84. The molecule has 9 heteroatoms. The highest BCUT2D eigenvalue weighted by molar-refractivity contribution is 7.89. The molecule has 0 spiro atoms. The molecule has 2 unspecified atom stereocenters. The van der Waals surface area contributed by atoms with Crippen LogP contribution in [0.4, 0.5) is 13.2 Å². The van der Waals surface area contributed by atoms with Crippen molar-refractivity contribution in [3.05, 3.63) is 83.7 Å². The lowest BCUT2D eigenvalue weighted by Gasteiger charge is -2.44. The first-order chi connectivity index (χ1) is 17.3. The molecule has 2 aromatic carbocycles. The van der Waals surface area contributed by atoms with Gasteiger partial charge in [0.25, 0.3) is 0 Å². The molecule has 2 aromatic rings. The molecule has 0 aromatic heterocycles. The van der Waals surface area contributed by atoms with E-state index in [-0.39, 0.29) is 35.2 Å². The zero-order chi connectivity index (χ0) is 27.6. The van der Waals surface area contributed by atoms with Crippen molar-refractivity contribution in [3.8, 4) is 0 Å². The first kappa shape index (κ1) is 28.8. The van der Waals surface area contributed by atoms with E-state index in [0.717, 1.165) is 18.2 Å². The van der Waals surface area contributed by atoms with Gasteiger partial charge in [0, 0.05) is 20.1 Å². The Kier molecular flexibility index (Phi) is 8.49. The highest BCUT2D eigenvalue weighted by atomic mass is 32.2. The number of halogens is 3. The second-order valence-corrected chi connectivity index (χ2v) is 12.2. The van der Waals surface area contributed by atoms with Gasteiger partial charge in [-0.15, -0.1) is 0 Å². The first-order valence-electron chi connectivity index (χ1n) is 12.2. The Morgan fingerprint density at radius 3 is 2.32 bits per heavy atom. The van der Waals surface area contributed by atoms with E-state index in [1.165, 1.54) is 35.6 Å². The summed E-state index contributed by atoms with van der Waals surface area (Å²) in [6, 6.07) is 8.62. The number of sulfonamides is 1. The van der Waals surface area contributed by atoms with E-state index >= 15 is 0 Å². The third-order valence-electron chi connectivity index (χ3n) is 7.92. The monoisotopic (exact) mass is 533 g/mol. The van der Waals surface area contributed by atoms with Gasteiger partial charge in [-0.3, -0.25) is 0 Å². The van der Waals surface area contributed by atoms with E-state index in [1.54, 1.807) is 13.0 Å². The topological polar surface area (TPSA) is 62.1 Å². The molecule has 37 heavy (non-hydrogen) atoms. The highest BCUT2D eigenvalue weighted by Crippen LogP contribution is 2.58. The Labute approximate surface area is 217 Å². The maximum absolute atomic E-state index is 14.5. The first-order valence-corrected chi connectivity index (χ1v) is 13.6. The van der Waals surface area contributed by atoms with E-state index < -0.39 is 38.3 Å². The summed E-state index contributed by atoms with van der Waals surface area (Å²) in [5.41, 5.74) is -0.494. The lowest BCUT2D eigenvalue weighted by atomic mass is 9.64. The summed E-state index contributed by atoms with van der Waals surface area (Å²) in [7, 11) is -2.49. The van der Waals surface area contributed by atoms with Crippen molar-refractivity contribution >= 4 is 15.7 Å². The van der Waals surface area contributed by atoms with Gasteiger partial charge in [-0.25, -0.2) is 21.6 Å². The highest BCUT2D eigenvalue weighted by Gasteiger charge is 2.53. The van der Waals surface area contributed by atoms with Crippen molar-refractivity contribution in [1.29, 1.82) is 0 Å². The van der Waals surface area contributed by atoms with Gasteiger partial charge in [-0.05, 0) is 71.6 Å². The van der Waals surface area contributed by atoms with Gasteiger partial charge in [0.1, 0.15) is 17.5 Å². The summed E-state index contributed by atoms with van der Waals surface area (Å²) < 4.78 is 70.8. The average molecular weight is 534 g/mol. The van der Waals surface area contributed by atoms with Crippen LogP contribution >= 0.6 is 0 Å². The van der Waals surface area contributed by atoms with Gasteiger partial charge < -0.3 is 0 Å². The van der Waals surface area contributed by atoms with Crippen LogP contribution in [0.3, 0.4) is 0 Å². The SMILES string of the molecule is C=C(/C=C(\N=NC)c1c(F)cccc1F)C1CCC(C)(CN(CC)S(=O)(=O)c2cccc(F)c2)C1(C)C. The number of hydrogen-bond acceptors (Lipinski definition) is 4. The minimum Gasteiger partial charge on any atom is -0.207 e. The van der Waals surface area contributed by atoms with E-state index in [1.807, 2.05) is 6.92 Å². The van der Waals surface area contributed by atoms with E-state index in [0.29, 0.717) is 18.4 Å². The van der Waals surface area contributed by atoms with Crippen LogP contribution in [0.15, 0.2) is 75.8 Å². The molecular weight excluding hydrogens is 499 g/mol.